The highest BCUT2D eigenvalue weighted by atomic mass is 32.2. The molecular weight excluding hydrogens is 248 g/mol. The summed E-state index contributed by atoms with van der Waals surface area (Å²) in [5, 5.41) is 3.52. The first-order valence-corrected chi connectivity index (χ1v) is 7.07. The highest BCUT2D eigenvalue weighted by molar-refractivity contribution is 7.99. The molecule has 100 valence electrons. The molecule has 0 saturated heterocycles. The van der Waals surface area contributed by atoms with E-state index >= 15 is 0 Å². The van der Waals surface area contributed by atoms with Crippen LogP contribution in [-0.4, -0.2) is 27.7 Å². The fraction of sp³-hybridized carbons (Fsp3) is 0.583. The van der Waals surface area contributed by atoms with Crippen LogP contribution in [0.15, 0.2) is 11.2 Å². The number of hydrogen-bond acceptors (Lipinski definition) is 5. The normalized spacial score (nSPS) is 10.7. The fourth-order valence-electron chi connectivity index (χ4n) is 1.52. The molecule has 5 nitrogen and oxygen atoms in total. The van der Waals surface area contributed by atoms with Crippen molar-refractivity contribution in [1.82, 2.24) is 15.3 Å². The molecule has 0 aromatic carbocycles. The number of anilines is 1. The molecule has 1 aromatic heterocycles. The Balaban J connectivity index is 2.47. The van der Waals surface area contributed by atoms with Gasteiger partial charge in [0.1, 0.15) is 5.82 Å². The van der Waals surface area contributed by atoms with Gasteiger partial charge in [-0.15, -0.1) is 0 Å². The smallest absolute Gasteiger partial charge is 0.230 e. The molecular formula is C12H20N4OS. The van der Waals surface area contributed by atoms with E-state index in [0.29, 0.717) is 16.7 Å². The van der Waals surface area contributed by atoms with Gasteiger partial charge in [-0.3, -0.25) is 4.79 Å². The number of carbonyl (C=O) groups is 1. The maximum absolute atomic E-state index is 11.7. The van der Waals surface area contributed by atoms with Crippen LogP contribution < -0.4 is 11.1 Å². The van der Waals surface area contributed by atoms with Gasteiger partial charge in [0.15, 0.2) is 5.16 Å². The topological polar surface area (TPSA) is 80.9 Å². The van der Waals surface area contributed by atoms with E-state index in [1.807, 2.05) is 6.92 Å². The average Bonchev–Trinajstić information content (AvgIpc) is 2.32. The summed E-state index contributed by atoms with van der Waals surface area (Å²) >= 11 is 1.31. The number of aryl methyl sites for hydroxylation is 1. The number of amides is 1. The van der Waals surface area contributed by atoms with Crippen LogP contribution in [0.5, 0.6) is 0 Å². The molecule has 0 saturated carbocycles. The number of nitrogen functional groups attached to an aromatic ring is 1. The number of nitrogens with one attached hydrogen (secondary N) is 1. The van der Waals surface area contributed by atoms with Crippen LogP contribution in [-0.2, 0) is 4.79 Å². The monoisotopic (exact) mass is 268 g/mol. The zero-order valence-electron chi connectivity index (χ0n) is 11.1. The van der Waals surface area contributed by atoms with Crippen molar-refractivity contribution in [2.75, 3.05) is 11.5 Å². The van der Waals surface area contributed by atoms with E-state index in [2.05, 4.69) is 29.1 Å². The van der Waals surface area contributed by atoms with Gasteiger partial charge < -0.3 is 11.1 Å². The van der Waals surface area contributed by atoms with Crippen LogP contribution >= 0.6 is 11.8 Å². The van der Waals surface area contributed by atoms with Crippen LogP contribution in [0.3, 0.4) is 0 Å². The summed E-state index contributed by atoms with van der Waals surface area (Å²) in [7, 11) is 0. The van der Waals surface area contributed by atoms with Crippen LogP contribution in [0.25, 0.3) is 0 Å². The van der Waals surface area contributed by atoms with E-state index in [4.69, 9.17) is 5.73 Å². The van der Waals surface area contributed by atoms with Crippen LogP contribution in [0.4, 0.5) is 5.82 Å². The minimum absolute atomic E-state index is 0.0115. The molecule has 0 fully saturated rings. The number of thioether (sulfide) groups is 1. The van der Waals surface area contributed by atoms with Crippen molar-refractivity contribution in [2.45, 2.75) is 44.8 Å². The third-order valence-corrected chi connectivity index (χ3v) is 3.38. The summed E-state index contributed by atoms with van der Waals surface area (Å²) in [5.41, 5.74) is 6.44. The quantitative estimate of drug-likeness (QED) is 0.607. The zero-order valence-corrected chi connectivity index (χ0v) is 11.9. The summed E-state index contributed by atoms with van der Waals surface area (Å²) in [4.78, 5) is 20.0. The molecule has 3 N–H and O–H groups in total. The second kappa shape index (κ2) is 7.20. The first kappa shape index (κ1) is 14.8. The van der Waals surface area contributed by atoms with Gasteiger partial charge in [-0.25, -0.2) is 9.97 Å². The number of nitrogens with zero attached hydrogens (tertiary/aromatic N) is 2. The van der Waals surface area contributed by atoms with Crippen molar-refractivity contribution in [1.29, 1.82) is 0 Å². The molecule has 0 aliphatic rings. The Morgan fingerprint density at radius 1 is 1.44 bits per heavy atom. The van der Waals surface area contributed by atoms with Crippen molar-refractivity contribution in [3.8, 4) is 0 Å². The second-order valence-electron chi connectivity index (χ2n) is 4.09. The number of hydrogen-bond donors (Lipinski definition) is 2. The van der Waals surface area contributed by atoms with Gasteiger partial charge >= 0.3 is 0 Å². The SMILES string of the molecule is CCC(CC)NC(=O)CSc1nc(C)cc(N)n1. The van der Waals surface area contributed by atoms with Crippen molar-refractivity contribution in [2.24, 2.45) is 0 Å². The minimum Gasteiger partial charge on any atom is -0.384 e. The molecule has 1 amide bonds. The molecule has 1 heterocycles. The zero-order chi connectivity index (χ0) is 13.5. The average molecular weight is 268 g/mol. The summed E-state index contributed by atoms with van der Waals surface area (Å²) < 4.78 is 0. The Bertz CT molecular complexity index is 387. The summed E-state index contributed by atoms with van der Waals surface area (Å²) in [6, 6.07) is 1.95. The highest BCUT2D eigenvalue weighted by Crippen LogP contribution is 2.14. The molecule has 0 bridgehead atoms. The molecule has 0 aliphatic carbocycles. The lowest BCUT2D eigenvalue weighted by molar-refractivity contribution is -0.119. The summed E-state index contributed by atoms with van der Waals surface area (Å²) in [5.74, 6) is 0.766. The van der Waals surface area contributed by atoms with E-state index in [9.17, 15) is 4.79 Å². The van der Waals surface area contributed by atoms with Crippen LogP contribution in [0.1, 0.15) is 32.4 Å². The largest absolute Gasteiger partial charge is 0.384 e. The second-order valence-corrected chi connectivity index (χ2v) is 5.03. The lowest BCUT2D eigenvalue weighted by Gasteiger charge is -2.14. The van der Waals surface area contributed by atoms with Gasteiger partial charge in [0, 0.05) is 17.8 Å². The van der Waals surface area contributed by atoms with Crippen molar-refractivity contribution >= 4 is 23.5 Å². The predicted molar refractivity (Wildman–Crippen MR) is 74.4 cm³/mol. The van der Waals surface area contributed by atoms with Gasteiger partial charge in [-0.2, -0.15) is 0 Å². The number of rotatable bonds is 6. The highest BCUT2D eigenvalue weighted by Gasteiger charge is 2.10. The standard InChI is InChI=1S/C12H20N4OS/c1-4-9(5-2)15-11(17)7-18-12-14-8(3)6-10(13)16-12/h6,9H,4-5,7H2,1-3H3,(H,15,17)(H2,13,14,16). The third-order valence-electron chi connectivity index (χ3n) is 2.54. The van der Waals surface area contributed by atoms with E-state index in [0.717, 1.165) is 18.5 Å². The number of aromatic nitrogens is 2. The Labute approximate surface area is 112 Å². The lowest BCUT2D eigenvalue weighted by atomic mass is 10.2. The number of carbonyl (C=O) groups excluding carboxylic acids is 1. The third kappa shape index (κ3) is 4.91. The maximum Gasteiger partial charge on any atom is 0.230 e. The van der Waals surface area contributed by atoms with Gasteiger partial charge in [-0.1, -0.05) is 25.6 Å². The molecule has 0 atom stereocenters. The van der Waals surface area contributed by atoms with Crippen molar-refractivity contribution < 1.29 is 4.79 Å². The summed E-state index contributed by atoms with van der Waals surface area (Å²) in [6.07, 6.45) is 1.89. The van der Waals surface area contributed by atoms with E-state index in [1.54, 1.807) is 6.07 Å². The first-order valence-electron chi connectivity index (χ1n) is 6.08. The van der Waals surface area contributed by atoms with E-state index in [1.165, 1.54) is 11.8 Å². The molecule has 0 radical (unpaired) electrons. The molecule has 6 heteroatoms. The molecule has 1 aromatic rings. The van der Waals surface area contributed by atoms with Gasteiger partial charge in [0.2, 0.25) is 5.91 Å². The molecule has 1 rings (SSSR count). The van der Waals surface area contributed by atoms with Crippen LogP contribution in [0, 0.1) is 6.92 Å². The van der Waals surface area contributed by atoms with Crippen molar-refractivity contribution in [3.05, 3.63) is 11.8 Å². The predicted octanol–water partition coefficient (Wildman–Crippen LogP) is 1.76. The Hall–Kier alpha value is -1.30. The number of nitrogens with two attached hydrogens (primary N) is 1. The van der Waals surface area contributed by atoms with Gasteiger partial charge in [-0.05, 0) is 19.8 Å². The van der Waals surface area contributed by atoms with Crippen LogP contribution in [0.2, 0.25) is 0 Å². The Morgan fingerprint density at radius 2 is 2.11 bits per heavy atom. The Morgan fingerprint density at radius 3 is 2.67 bits per heavy atom. The Kier molecular flexibility index (Phi) is 5.91. The van der Waals surface area contributed by atoms with Gasteiger partial charge in [0.05, 0.1) is 5.75 Å². The molecule has 0 aliphatic heterocycles. The summed E-state index contributed by atoms with van der Waals surface area (Å²) in [6.45, 7) is 5.98. The minimum atomic E-state index is 0.0115. The van der Waals surface area contributed by atoms with Gasteiger partial charge in [0.25, 0.3) is 0 Å². The molecule has 0 spiro atoms. The van der Waals surface area contributed by atoms with E-state index < -0.39 is 0 Å². The molecule has 18 heavy (non-hydrogen) atoms. The fourth-order valence-corrected chi connectivity index (χ4v) is 2.24. The van der Waals surface area contributed by atoms with E-state index in [-0.39, 0.29) is 11.9 Å². The molecule has 0 unspecified atom stereocenters. The first-order chi connectivity index (χ1) is 8.55. The lowest BCUT2D eigenvalue weighted by Crippen LogP contribution is -2.35. The van der Waals surface area contributed by atoms with Crippen molar-refractivity contribution in [3.63, 3.8) is 0 Å². The maximum atomic E-state index is 11.7.